The molecule has 0 unspecified atom stereocenters. The van der Waals surface area contributed by atoms with Crippen LogP contribution in [0.3, 0.4) is 0 Å². The highest BCUT2D eigenvalue weighted by Gasteiger charge is 2.46. The summed E-state index contributed by atoms with van der Waals surface area (Å²) in [5.74, 6) is -1.03. The Labute approximate surface area is 196 Å². The van der Waals surface area contributed by atoms with Crippen molar-refractivity contribution in [2.24, 2.45) is 0 Å². The summed E-state index contributed by atoms with van der Waals surface area (Å²) >= 11 is 0. The summed E-state index contributed by atoms with van der Waals surface area (Å²) < 4.78 is 11.1. The summed E-state index contributed by atoms with van der Waals surface area (Å²) in [6, 6.07) is 9.56. The fourth-order valence-electron chi connectivity index (χ4n) is 4.17. The van der Waals surface area contributed by atoms with Gasteiger partial charge in [0.15, 0.2) is 11.5 Å². The van der Waals surface area contributed by atoms with E-state index < -0.39 is 22.7 Å². The van der Waals surface area contributed by atoms with E-state index in [9.17, 15) is 24.8 Å². The first-order chi connectivity index (χ1) is 16.3. The number of nitrogens with zero attached hydrogens (tertiary/aromatic N) is 3. The summed E-state index contributed by atoms with van der Waals surface area (Å²) in [6.07, 6.45) is 0.579. The van der Waals surface area contributed by atoms with Gasteiger partial charge in [0.05, 0.1) is 16.5 Å². The van der Waals surface area contributed by atoms with Gasteiger partial charge < -0.3 is 24.4 Å². The standard InChI is InChI=1S/C24H25N3O7/c1-25(2)9-4-10-26-21(15-5-3-6-17(13-15)27(31)32)20(23(29)24(26)30)22(28)16-7-8-18-19(14-16)34-12-11-33-18/h3,5-8,13-14,21,28H,4,9-12H2,1-2H3/t21-/m0/s1. The van der Waals surface area contributed by atoms with Gasteiger partial charge in [0.1, 0.15) is 19.0 Å². The summed E-state index contributed by atoms with van der Waals surface area (Å²) in [7, 11) is 3.79. The van der Waals surface area contributed by atoms with Crippen LogP contribution in [-0.2, 0) is 9.59 Å². The van der Waals surface area contributed by atoms with Crippen LogP contribution in [0.2, 0.25) is 0 Å². The van der Waals surface area contributed by atoms with Gasteiger partial charge in [-0.25, -0.2) is 0 Å². The lowest BCUT2D eigenvalue weighted by Gasteiger charge is -2.26. The third kappa shape index (κ3) is 4.44. The van der Waals surface area contributed by atoms with Gasteiger partial charge in [0, 0.05) is 24.2 Å². The molecule has 1 atom stereocenters. The second kappa shape index (κ2) is 9.52. The number of nitro groups is 1. The quantitative estimate of drug-likeness (QED) is 0.217. The normalized spacial score (nSPS) is 19.0. The van der Waals surface area contributed by atoms with Gasteiger partial charge in [0.25, 0.3) is 17.4 Å². The number of rotatable bonds is 7. The molecule has 178 valence electrons. The van der Waals surface area contributed by atoms with Crippen molar-refractivity contribution in [3.63, 3.8) is 0 Å². The third-order valence-corrected chi connectivity index (χ3v) is 5.76. The van der Waals surface area contributed by atoms with E-state index in [0.717, 1.165) is 0 Å². The second-order valence-electron chi connectivity index (χ2n) is 8.36. The fourth-order valence-corrected chi connectivity index (χ4v) is 4.17. The molecule has 0 bridgehead atoms. The number of hydrogen-bond acceptors (Lipinski definition) is 8. The van der Waals surface area contributed by atoms with Crippen molar-refractivity contribution in [3.8, 4) is 11.5 Å². The summed E-state index contributed by atoms with van der Waals surface area (Å²) in [5.41, 5.74) is 0.367. The van der Waals surface area contributed by atoms with Crippen molar-refractivity contribution in [3.05, 3.63) is 69.3 Å². The number of hydrogen-bond donors (Lipinski definition) is 1. The number of ether oxygens (including phenoxy) is 2. The van der Waals surface area contributed by atoms with Crippen molar-refractivity contribution in [1.29, 1.82) is 0 Å². The minimum Gasteiger partial charge on any atom is -0.507 e. The maximum atomic E-state index is 13.1. The highest BCUT2D eigenvalue weighted by atomic mass is 16.6. The molecule has 10 nitrogen and oxygen atoms in total. The number of carbonyl (C=O) groups is 2. The molecule has 4 rings (SSSR count). The molecule has 2 aliphatic heterocycles. The third-order valence-electron chi connectivity index (χ3n) is 5.76. The Morgan fingerprint density at radius 2 is 1.88 bits per heavy atom. The van der Waals surface area contributed by atoms with Gasteiger partial charge in [-0.1, -0.05) is 12.1 Å². The summed E-state index contributed by atoms with van der Waals surface area (Å²) in [5, 5.41) is 22.6. The van der Waals surface area contributed by atoms with Gasteiger partial charge in [-0.3, -0.25) is 19.7 Å². The van der Waals surface area contributed by atoms with Crippen molar-refractivity contribution in [2.45, 2.75) is 12.5 Å². The fraction of sp³-hybridized carbons (Fsp3) is 0.333. The average molecular weight is 467 g/mol. The van der Waals surface area contributed by atoms with Crippen molar-refractivity contribution < 1.29 is 29.1 Å². The number of amides is 1. The molecule has 10 heteroatoms. The molecular formula is C24H25N3O7. The van der Waals surface area contributed by atoms with Crippen LogP contribution in [0.15, 0.2) is 48.0 Å². The van der Waals surface area contributed by atoms with E-state index in [4.69, 9.17) is 9.47 Å². The number of ketones is 1. The van der Waals surface area contributed by atoms with Gasteiger partial charge >= 0.3 is 0 Å². The molecule has 0 aromatic heterocycles. The minimum atomic E-state index is -0.963. The molecule has 2 aromatic rings. The van der Waals surface area contributed by atoms with Crippen LogP contribution < -0.4 is 9.47 Å². The highest BCUT2D eigenvalue weighted by molar-refractivity contribution is 6.46. The number of aliphatic hydroxyl groups is 1. The molecule has 0 saturated carbocycles. The predicted molar refractivity (Wildman–Crippen MR) is 123 cm³/mol. The van der Waals surface area contributed by atoms with E-state index in [1.54, 1.807) is 24.3 Å². The lowest BCUT2D eigenvalue weighted by molar-refractivity contribution is -0.384. The SMILES string of the molecule is CN(C)CCCN1C(=O)C(=O)C(=C(O)c2ccc3c(c2)OCCO3)[C@@H]1c1cccc([N+](=O)[O-])c1. The zero-order valence-electron chi connectivity index (χ0n) is 18.9. The molecular weight excluding hydrogens is 442 g/mol. The first-order valence-corrected chi connectivity index (χ1v) is 10.9. The van der Waals surface area contributed by atoms with Crippen molar-refractivity contribution in [2.75, 3.05) is 40.4 Å². The Kier molecular flexibility index (Phi) is 6.51. The van der Waals surface area contributed by atoms with Crippen molar-refractivity contribution in [1.82, 2.24) is 9.80 Å². The molecule has 0 radical (unpaired) electrons. The first kappa shape index (κ1) is 23.2. The van der Waals surface area contributed by atoms with Crippen molar-refractivity contribution >= 4 is 23.1 Å². The molecule has 1 N–H and O–H groups in total. The average Bonchev–Trinajstić information content (AvgIpc) is 3.08. The smallest absolute Gasteiger partial charge is 0.295 e. The number of likely N-dealkylation sites (tertiary alicyclic amines) is 1. The molecule has 1 fully saturated rings. The largest absolute Gasteiger partial charge is 0.507 e. The van der Waals surface area contributed by atoms with Crippen LogP contribution in [0.5, 0.6) is 11.5 Å². The zero-order chi connectivity index (χ0) is 24.4. The van der Waals surface area contributed by atoms with Crippen LogP contribution in [0, 0.1) is 10.1 Å². The molecule has 2 heterocycles. The van der Waals surface area contributed by atoms with Crippen LogP contribution in [0.1, 0.15) is 23.6 Å². The molecule has 0 spiro atoms. The molecule has 1 saturated heterocycles. The Morgan fingerprint density at radius 1 is 1.15 bits per heavy atom. The Bertz CT molecular complexity index is 1170. The maximum Gasteiger partial charge on any atom is 0.295 e. The van der Waals surface area contributed by atoms with Gasteiger partial charge in [-0.05, 0) is 50.8 Å². The lowest BCUT2D eigenvalue weighted by atomic mass is 9.94. The Morgan fingerprint density at radius 3 is 2.59 bits per heavy atom. The van der Waals surface area contributed by atoms with E-state index in [1.807, 2.05) is 19.0 Å². The van der Waals surface area contributed by atoms with E-state index in [1.165, 1.54) is 23.1 Å². The number of fused-ring (bicyclic) bond motifs is 1. The van der Waals surface area contributed by atoms with Crippen LogP contribution >= 0.6 is 0 Å². The van der Waals surface area contributed by atoms with Crippen LogP contribution in [0.4, 0.5) is 5.69 Å². The molecule has 1 amide bonds. The van der Waals surface area contributed by atoms with E-state index in [2.05, 4.69) is 0 Å². The predicted octanol–water partition coefficient (Wildman–Crippen LogP) is 2.74. The molecule has 0 aliphatic carbocycles. The zero-order valence-corrected chi connectivity index (χ0v) is 18.9. The number of carbonyl (C=O) groups excluding carboxylic acids is 2. The Hall–Kier alpha value is -3.92. The topological polar surface area (TPSA) is 122 Å². The van der Waals surface area contributed by atoms with Crippen LogP contribution in [0.25, 0.3) is 5.76 Å². The molecule has 34 heavy (non-hydrogen) atoms. The number of benzene rings is 2. The lowest BCUT2D eigenvalue weighted by Crippen LogP contribution is -2.32. The molecule has 2 aliphatic rings. The molecule has 2 aromatic carbocycles. The van der Waals surface area contributed by atoms with Gasteiger partial charge in [-0.15, -0.1) is 0 Å². The van der Waals surface area contributed by atoms with E-state index in [-0.39, 0.29) is 29.1 Å². The maximum absolute atomic E-state index is 13.1. The number of Topliss-reactive ketones (excluding diaryl/α,β-unsaturated/α-hetero) is 1. The second-order valence-corrected chi connectivity index (χ2v) is 8.36. The highest BCUT2D eigenvalue weighted by Crippen LogP contribution is 2.41. The summed E-state index contributed by atoms with van der Waals surface area (Å²) in [4.78, 5) is 40.3. The van der Waals surface area contributed by atoms with E-state index >= 15 is 0 Å². The first-order valence-electron chi connectivity index (χ1n) is 10.9. The van der Waals surface area contributed by atoms with Crippen LogP contribution in [-0.4, -0.2) is 71.9 Å². The monoisotopic (exact) mass is 467 g/mol. The van der Waals surface area contributed by atoms with Gasteiger partial charge in [-0.2, -0.15) is 0 Å². The van der Waals surface area contributed by atoms with Gasteiger partial charge in [0.2, 0.25) is 0 Å². The Balaban J connectivity index is 1.81. The van der Waals surface area contributed by atoms with E-state index in [0.29, 0.717) is 43.2 Å². The summed E-state index contributed by atoms with van der Waals surface area (Å²) in [6.45, 7) is 1.67. The number of non-ortho nitro benzene ring substituents is 1. The number of aliphatic hydroxyl groups excluding tert-OH is 1. The number of nitro benzene ring substituents is 1. The minimum absolute atomic E-state index is 0.118.